The molecule has 3 aromatic carbocycles. The Morgan fingerprint density at radius 3 is 2.61 bits per heavy atom. The molecule has 0 aliphatic rings. The number of nitriles is 1. The molecule has 6 heteroatoms. The first-order valence-corrected chi connectivity index (χ1v) is 10.4. The number of ether oxygens (including phenoxy) is 1. The molecule has 0 aromatic heterocycles. The standard InChI is InChI=1S/C25H20Cl2N2O2/c1-2-19-7-3-4-9-23(19)29-25(30)20(15-28)12-17-10-11-24(22(27)14-17)31-16-18-6-5-8-21(26)13-18/h3-14H,2,16H2,1H3,(H,29,30)/b20-12+. The molecule has 1 N–H and O–H groups in total. The van der Waals surface area contributed by atoms with Crippen molar-refractivity contribution < 1.29 is 9.53 Å². The molecule has 0 unspecified atom stereocenters. The molecule has 1 amide bonds. The maximum atomic E-state index is 12.6. The second-order valence-electron chi connectivity index (χ2n) is 6.74. The van der Waals surface area contributed by atoms with Crippen LogP contribution in [0, 0.1) is 11.3 Å². The van der Waals surface area contributed by atoms with E-state index >= 15 is 0 Å². The molecule has 0 aliphatic carbocycles. The summed E-state index contributed by atoms with van der Waals surface area (Å²) in [4.78, 5) is 12.6. The number of carbonyl (C=O) groups excluding carboxylic acids is 1. The lowest BCUT2D eigenvalue weighted by atomic mass is 10.1. The van der Waals surface area contributed by atoms with Gasteiger partial charge in [0.15, 0.2) is 0 Å². The molecule has 0 fully saturated rings. The summed E-state index contributed by atoms with van der Waals surface area (Å²) in [6, 6.07) is 21.9. The average molecular weight is 451 g/mol. The predicted molar refractivity (Wildman–Crippen MR) is 125 cm³/mol. The van der Waals surface area contributed by atoms with Gasteiger partial charge in [-0.1, -0.05) is 66.5 Å². The van der Waals surface area contributed by atoms with Gasteiger partial charge < -0.3 is 10.1 Å². The van der Waals surface area contributed by atoms with Crippen molar-refractivity contribution >= 4 is 40.9 Å². The molecule has 0 aliphatic heterocycles. The second kappa shape index (κ2) is 10.7. The number of amides is 1. The van der Waals surface area contributed by atoms with Gasteiger partial charge in [-0.15, -0.1) is 0 Å². The third-order valence-corrected chi connectivity index (χ3v) is 5.09. The highest BCUT2D eigenvalue weighted by Gasteiger charge is 2.12. The zero-order chi connectivity index (χ0) is 22.2. The number of para-hydroxylation sites is 1. The summed E-state index contributed by atoms with van der Waals surface area (Å²) in [7, 11) is 0. The van der Waals surface area contributed by atoms with Crippen LogP contribution in [0.15, 0.2) is 72.3 Å². The monoisotopic (exact) mass is 450 g/mol. The lowest BCUT2D eigenvalue weighted by Gasteiger charge is -2.10. The topological polar surface area (TPSA) is 62.1 Å². The van der Waals surface area contributed by atoms with Crippen LogP contribution in [-0.4, -0.2) is 5.91 Å². The molecule has 0 saturated heterocycles. The van der Waals surface area contributed by atoms with E-state index in [9.17, 15) is 10.1 Å². The van der Waals surface area contributed by atoms with Crippen LogP contribution in [-0.2, 0) is 17.8 Å². The van der Waals surface area contributed by atoms with Gasteiger partial charge in [0.1, 0.15) is 24.0 Å². The summed E-state index contributed by atoms with van der Waals surface area (Å²) < 4.78 is 5.76. The number of nitrogens with one attached hydrogen (secondary N) is 1. The van der Waals surface area contributed by atoms with Gasteiger partial charge in [0.05, 0.1) is 5.02 Å². The molecule has 0 atom stereocenters. The fourth-order valence-electron chi connectivity index (χ4n) is 2.97. The van der Waals surface area contributed by atoms with E-state index in [0.29, 0.717) is 33.7 Å². The van der Waals surface area contributed by atoms with Gasteiger partial charge in [0, 0.05) is 10.7 Å². The van der Waals surface area contributed by atoms with Gasteiger partial charge in [-0.05, 0) is 59.5 Å². The van der Waals surface area contributed by atoms with Gasteiger partial charge in [0.2, 0.25) is 0 Å². The molecule has 3 rings (SSSR count). The highest BCUT2D eigenvalue weighted by atomic mass is 35.5. The number of hydrogen-bond acceptors (Lipinski definition) is 3. The Bertz CT molecular complexity index is 1170. The number of nitrogens with zero attached hydrogens (tertiary/aromatic N) is 1. The molecular weight excluding hydrogens is 431 g/mol. The molecule has 0 spiro atoms. The Morgan fingerprint density at radius 1 is 1.10 bits per heavy atom. The normalized spacial score (nSPS) is 11.0. The van der Waals surface area contributed by atoms with Crippen LogP contribution in [0.4, 0.5) is 5.69 Å². The highest BCUT2D eigenvalue weighted by Crippen LogP contribution is 2.28. The largest absolute Gasteiger partial charge is 0.487 e. The van der Waals surface area contributed by atoms with Crippen LogP contribution < -0.4 is 10.1 Å². The maximum Gasteiger partial charge on any atom is 0.266 e. The lowest BCUT2D eigenvalue weighted by molar-refractivity contribution is -0.112. The van der Waals surface area contributed by atoms with Gasteiger partial charge in [0.25, 0.3) is 5.91 Å². The quantitative estimate of drug-likeness (QED) is 0.322. The van der Waals surface area contributed by atoms with Crippen molar-refractivity contribution in [1.82, 2.24) is 0 Å². The minimum atomic E-state index is -0.471. The van der Waals surface area contributed by atoms with E-state index in [1.54, 1.807) is 24.3 Å². The van der Waals surface area contributed by atoms with E-state index in [1.165, 1.54) is 6.08 Å². The van der Waals surface area contributed by atoms with Gasteiger partial charge in [-0.25, -0.2) is 0 Å². The number of rotatable bonds is 7. The van der Waals surface area contributed by atoms with Crippen molar-refractivity contribution in [2.24, 2.45) is 0 Å². The Morgan fingerprint density at radius 2 is 1.90 bits per heavy atom. The second-order valence-corrected chi connectivity index (χ2v) is 7.59. The molecule has 0 heterocycles. The minimum Gasteiger partial charge on any atom is -0.487 e. The van der Waals surface area contributed by atoms with E-state index in [4.69, 9.17) is 27.9 Å². The molecule has 31 heavy (non-hydrogen) atoms. The van der Waals surface area contributed by atoms with Gasteiger partial charge in [-0.3, -0.25) is 4.79 Å². The van der Waals surface area contributed by atoms with E-state index in [2.05, 4.69) is 5.32 Å². The third kappa shape index (κ3) is 6.11. The van der Waals surface area contributed by atoms with Crippen LogP contribution in [0.1, 0.15) is 23.6 Å². The molecule has 3 aromatic rings. The summed E-state index contributed by atoms with van der Waals surface area (Å²) in [6.07, 6.45) is 2.27. The zero-order valence-electron chi connectivity index (χ0n) is 16.9. The van der Waals surface area contributed by atoms with E-state index < -0.39 is 5.91 Å². The van der Waals surface area contributed by atoms with Gasteiger partial charge >= 0.3 is 0 Å². The summed E-state index contributed by atoms with van der Waals surface area (Å²) in [5.74, 6) is 0.0272. The smallest absolute Gasteiger partial charge is 0.266 e. The summed E-state index contributed by atoms with van der Waals surface area (Å²) in [5.41, 5.74) is 3.21. The number of hydrogen-bond donors (Lipinski definition) is 1. The highest BCUT2D eigenvalue weighted by molar-refractivity contribution is 6.32. The van der Waals surface area contributed by atoms with Crippen molar-refractivity contribution in [3.05, 3.63) is 99.0 Å². The van der Waals surface area contributed by atoms with Crippen molar-refractivity contribution in [3.8, 4) is 11.8 Å². The SMILES string of the molecule is CCc1ccccc1NC(=O)/C(C#N)=C/c1ccc(OCc2cccc(Cl)c2)c(Cl)c1. The predicted octanol–water partition coefficient (Wildman–Crippen LogP) is 6.68. The molecule has 156 valence electrons. The van der Waals surface area contributed by atoms with Crippen LogP contribution in [0.2, 0.25) is 10.0 Å². The number of halogens is 2. The van der Waals surface area contributed by atoms with Crippen LogP contribution in [0.3, 0.4) is 0 Å². The Labute approximate surface area is 191 Å². The lowest BCUT2D eigenvalue weighted by Crippen LogP contribution is -2.14. The number of benzene rings is 3. The Hall–Kier alpha value is -3.26. The van der Waals surface area contributed by atoms with Crippen LogP contribution in [0.5, 0.6) is 5.75 Å². The number of anilines is 1. The number of carbonyl (C=O) groups is 1. The third-order valence-electron chi connectivity index (χ3n) is 4.56. The zero-order valence-corrected chi connectivity index (χ0v) is 18.4. The van der Waals surface area contributed by atoms with Crippen molar-refractivity contribution in [2.75, 3.05) is 5.32 Å². The van der Waals surface area contributed by atoms with E-state index in [0.717, 1.165) is 17.5 Å². The average Bonchev–Trinajstić information content (AvgIpc) is 2.77. The van der Waals surface area contributed by atoms with Crippen LogP contribution >= 0.6 is 23.2 Å². The maximum absolute atomic E-state index is 12.6. The Kier molecular flexibility index (Phi) is 7.72. The fraction of sp³-hybridized carbons (Fsp3) is 0.120. The summed E-state index contributed by atoms with van der Waals surface area (Å²) in [6.45, 7) is 2.32. The fourth-order valence-corrected chi connectivity index (χ4v) is 3.42. The summed E-state index contributed by atoms with van der Waals surface area (Å²) in [5, 5.41) is 13.3. The van der Waals surface area contributed by atoms with Crippen molar-refractivity contribution in [3.63, 3.8) is 0 Å². The Balaban J connectivity index is 1.73. The van der Waals surface area contributed by atoms with Gasteiger partial charge in [-0.2, -0.15) is 5.26 Å². The first-order chi connectivity index (χ1) is 15.0. The first kappa shape index (κ1) is 22.4. The van der Waals surface area contributed by atoms with Crippen LogP contribution in [0.25, 0.3) is 6.08 Å². The molecule has 0 radical (unpaired) electrons. The first-order valence-electron chi connectivity index (χ1n) is 9.68. The molecule has 0 saturated carbocycles. The molecule has 0 bridgehead atoms. The summed E-state index contributed by atoms with van der Waals surface area (Å²) >= 11 is 12.3. The van der Waals surface area contributed by atoms with E-state index in [-0.39, 0.29) is 5.57 Å². The molecular formula is C25H20Cl2N2O2. The van der Waals surface area contributed by atoms with E-state index in [1.807, 2.05) is 55.5 Å². The van der Waals surface area contributed by atoms with Crippen molar-refractivity contribution in [1.29, 1.82) is 5.26 Å². The molecule has 4 nitrogen and oxygen atoms in total. The minimum absolute atomic E-state index is 0.0189. The van der Waals surface area contributed by atoms with Crippen molar-refractivity contribution in [2.45, 2.75) is 20.0 Å². The number of aryl methyl sites for hydroxylation is 1.